The van der Waals surface area contributed by atoms with Gasteiger partial charge >= 0.3 is 5.97 Å². The summed E-state index contributed by atoms with van der Waals surface area (Å²) in [5, 5.41) is 9.33. The molecule has 1 unspecified atom stereocenters. The van der Waals surface area contributed by atoms with Gasteiger partial charge in [0.1, 0.15) is 5.75 Å². The van der Waals surface area contributed by atoms with Crippen LogP contribution in [0.4, 0.5) is 0 Å². The Morgan fingerprint density at radius 1 is 1.18 bits per heavy atom. The maximum Gasteiger partial charge on any atom is 0.309 e. The number of hydrogen-bond acceptors (Lipinski definition) is 4. The van der Waals surface area contributed by atoms with Crippen molar-refractivity contribution >= 4 is 11.9 Å². The molecule has 1 amide bonds. The van der Waals surface area contributed by atoms with E-state index in [1.54, 1.807) is 0 Å². The minimum absolute atomic E-state index is 0.157. The van der Waals surface area contributed by atoms with Gasteiger partial charge in [0, 0.05) is 26.1 Å². The summed E-state index contributed by atoms with van der Waals surface area (Å²) >= 11 is 0. The summed E-state index contributed by atoms with van der Waals surface area (Å²) in [6.45, 7) is 6.57. The third kappa shape index (κ3) is 5.04. The Hall–Kier alpha value is -2.08. The average molecular weight is 389 g/mol. The monoisotopic (exact) mass is 389 g/mol. The SMILES string of the molecule is Cc1ccc(OCCCC(=O)N2CCC([C@@H]3OCCC3C(=O)O)CC2)cc1C. The van der Waals surface area contributed by atoms with Gasteiger partial charge in [0.05, 0.1) is 18.6 Å². The molecule has 0 radical (unpaired) electrons. The number of likely N-dealkylation sites (tertiary alicyclic amines) is 1. The van der Waals surface area contributed by atoms with Crippen molar-refractivity contribution in [2.45, 2.75) is 52.1 Å². The van der Waals surface area contributed by atoms with Crippen LogP contribution in [0.25, 0.3) is 0 Å². The van der Waals surface area contributed by atoms with E-state index in [1.165, 1.54) is 11.1 Å². The molecule has 0 bridgehead atoms. The number of piperidine rings is 1. The molecule has 2 heterocycles. The topological polar surface area (TPSA) is 76.1 Å². The largest absolute Gasteiger partial charge is 0.494 e. The number of aliphatic carboxylic acids is 1. The minimum Gasteiger partial charge on any atom is -0.494 e. The van der Waals surface area contributed by atoms with Crippen LogP contribution < -0.4 is 4.74 Å². The van der Waals surface area contributed by atoms with Crippen molar-refractivity contribution in [3.63, 3.8) is 0 Å². The number of amides is 1. The van der Waals surface area contributed by atoms with E-state index in [-0.39, 0.29) is 17.9 Å². The van der Waals surface area contributed by atoms with Crippen molar-refractivity contribution in [1.29, 1.82) is 0 Å². The molecule has 1 aromatic rings. The molecule has 2 aliphatic rings. The van der Waals surface area contributed by atoms with E-state index >= 15 is 0 Å². The number of aryl methyl sites for hydroxylation is 2. The predicted molar refractivity (Wildman–Crippen MR) is 105 cm³/mol. The normalized spacial score (nSPS) is 23.0. The molecule has 6 nitrogen and oxygen atoms in total. The highest BCUT2D eigenvalue weighted by atomic mass is 16.5. The zero-order valence-electron chi connectivity index (χ0n) is 16.9. The first-order valence-electron chi connectivity index (χ1n) is 10.3. The number of hydrogen-bond donors (Lipinski definition) is 1. The molecule has 2 atom stereocenters. The van der Waals surface area contributed by atoms with Crippen molar-refractivity contribution in [2.24, 2.45) is 11.8 Å². The van der Waals surface area contributed by atoms with Crippen LogP contribution in [0.15, 0.2) is 18.2 Å². The number of benzene rings is 1. The minimum atomic E-state index is -0.759. The molecule has 0 aliphatic carbocycles. The molecule has 1 aromatic carbocycles. The fourth-order valence-electron chi connectivity index (χ4n) is 4.19. The van der Waals surface area contributed by atoms with E-state index in [4.69, 9.17) is 9.47 Å². The lowest BCUT2D eigenvalue weighted by Crippen LogP contribution is -2.43. The Balaban J connectivity index is 1.37. The van der Waals surface area contributed by atoms with Crippen molar-refractivity contribution in [3.05, 3.63) is 29.3 Å². The predicted octanol–water partition coefficient (Wildman–Crippen LogP) is 3.19. The Morgan fingerprint density at radius 3 is 2.61 bits per heavy atom. The Labute approximate surface area is 166 Å². The van der Waals surface area contributed by atoms with Crippen LogP contribution in [-0.4, -0.2) is 54.3 Å². The first-order chi connectivity index (χ1) is 13.5. The van der Waals surface area contributed by atoms with Gasteiger partial charge < -0.3 is 19.5 Å². The molecule has 0 spiro atoms. The van der Waals surface area contributed by atoms with Crippen LogP contribution in [0.1, 0.15) is 43.2 Å². The molecule has 6 heteroatoms. The first-order valence-corrected chi connectivity index (χ1v) is 10.3. The number of carboxylic acid groups (broad SMARTS) is 1. The summed E-state index contributed by atoms with van der Waals surface area (Å²) in [5.41, 5.74) is 2.44. The fraction of sp³-hybridized carbons (Fsp3) is 0.636. The summed E-state index contributed by atoms with van der Waals surface area (Å²) in [6, 6.07) is 6.03. The zero-order chi connectivity index (χ0) is 20.1. The summed E-state index contributed by atoms with van der Waals surface area (Å²) in [5.74, 6) is 0.0884. The lowest BCUT2D eigenvalue weighted by atomic mass is 9.84. The number of ether oxygens (including phenoxy) is 2. The average Bonchev–Trinajstić information content (AvgIpc) is 3.18. The molecule has 2 fully saturated rings. The first kappa shape index (κ1) is 20.6. The number of carbonyl (C=O) groups excluding carboxylic acids is 1. The lowest BCUT2D eigenvalue weighted by molar-refractivity contribution is -0.146. The highest BCUT2D eigenvalue weighted by molar-refractivity contribution is 5.76. The summed E-state index contributed by atoms with van der Waals surface area (Å²) < 4.78 is 11.5. The van der Waals surface area contributed by atoms with Gasteiger partial charge in [-0.2, -0.15) is 0 Å². The van der Waals surface area contributed by atoms with Crippen LogP contribution in [0.5, 0.6) is 5.75 Å². The van der Waals surface area contributed by atoms with E-state index < -0.39 is 11.9 Å². The number of nitrogens with zero attached hydrogens (tertiary/aromatic N) is 1. The van der Waals surface area contributed by atoms with Crippen LogP contribution in [0.2, 0.25) is 0 Å². The maximum atomic E-state index is 12.5. The second-order valence-corrected chi connectivity index (χ2v) is 7.99. The smallest absolute Gasteiger partial charge is 0.309 e. The fourth-order valence-corrected chi connectivity index (χ4v) is 4.19. The standard InChI is InChI=1S/C22H31NO5/c1-15-5-6-18(14-16(15)2)27-12-3-4-20(24)23-10-7-17(8-11-23)21-19(22(25)26)9-13-28-21/h5-6,14,17,19,21H,3-4,7-13H2,1-2H3,(H,25,26)/t19?,21-/m0/s1. The van der Waals surface area contributed by atoms with Crippen LogP contribution in [-0.2, 0) is 14.3 Å². The van der Waals surface area contributed by atoms with Crippen molar-refractivity contribution in [3.8, 4) is 5.75 Å². The van der Waals surface area contributed by atoms with Gasteiger partial charge in [0.2, 0.25) is 5.91 Å². The van der Waals surface area contributed by atoms with E-state index in [0.717, 1.165) is 18.6 Å². The Kier molecular flexibility index (Phi) is 6.94. The second kappa shape index (κ2) is 9.41. The van der Waals surface area contributed by atoms with Gasteiger partial charge in [-0.25, -0.2) is 0 Å². The summed E-state index contributed by atoms with van der Waals surface area (Å²) in [7, 11) is 0. The van der Waals surface area contributed by atoms with E-state index in [1.807, 2.05) is 23.1 Å². The van der Waals surface area contributed by atoms with Crippen LogP contribution in [0.3, 0.4) is 0 Å². The van der Waals surface area contributed by atoms with Crippen molar-refractivity contribution < 1.29 is 24.2 Å². The van der Waals surface area contributed by atoms with Crippen LogP contribution >= 0.6 is 0 Å². The molecule has 2 saturated heterocycles. The molecule has 28 heavy (non-hydrogen) atoms. The highest BCUT2D eigenvalue weighted by Gasteiger charge is 2.40. The lowest BCUT2D eigenvalue weighted by Gasteiger charge is -2.35. The molecule has 2 aliphatic heterocycles. The number of carbonyl (C=O) groups is 2. The van der Waals surface area contributed by atoms with Gasteiger partial charge in [-0.15, -0.1) is 0 Å². The number of rotatable bonds is 7. The molecule has 0 aromatic heterocycles. The third-order valence-corrected chi connectivity index (χ3v) is 6.09. The van der Waals surface area contributed by atoms with Crippen molar-refractivity contribution in [1.82, 2.24) is 4.90 Å². The maximum absolute atomic E-state index is 12.5. The van der Waals surface area contributed by atoms with Gasteiger partial charge in [-0.05, 0) is 68.7 Å². The second-order valence-electron chi connectivity index (χ2n) is 7.99. The molecular formula is C22H31NO5. The zero-order valence-corrected chi connectivity index (χ0v) is 16.9. The van der Waals surface area contributed by atoms with Crippen molar-refractivity contribution in [2.75, 3.05) is 26.3 Å². The van der Waals surface area contributed by atoms with Gasteiger partial charge in [0.15, 0.2) is 0 Å². The number of carboxylic acids is 1. The van der Waals surface area contributed by atoms with Gasteiger partial charge in [-0.3, -0.25) is 9.59 Å². The van der Waals surface area contributed by atoms with Crippen LogP contribution in [0, 0.1) is 25.7 Å². The van der Waals surface area contributed by atoms with Gasteiger partial charge in [-0.1, -0.05) is 6.07 Å². The summed E-state index contributed by atoms with van der Waals surface area (Å²) in [4.78, 5) is 25.7. The highest BCUT2D eigenvalue weighted by Crippen LogP contribution is 2.33. The molecule has 1 N–H and O–H groups in total. The van der Waals surface area contributed by atoms with E-state index in [2.05, 4.69) is 13.8 Å². The quantitative estimate of drug-likeness (QED) is 0.725. The Morgan fingerprint density at radius 2 is 1.93 bits per heavy atom. The third-order valence-electron chi connectivity index (χ3n) is 6.09. The summed E-state index contributed by atoms with van der Waals surface area (Å²) in [6.07, 6.45) is 3.21. The van der Waals surface area contributed by atoms with E-state index in [0.29, 0.717) is 45.6 Å². The Bertz CT molecular complexity index is 696. The van der Waals surface area contributed by atoms with E-state index in [9.17, 15) is 14.7 Å². The molecular weight excluding hydrogens is 358 g/mol. The molecule has 154 valence electrons. The molecule has 0 saturated carbocycles. The molecule has 3 rings (SSSR count). The van der Waals surface area contributed by atoms with Gasteiger partial charge in [0.25, 0.3) is 0 Å².